The Morgan fingerprint density at radius 1 is 1.24 bits per heavy atom. The fourth-order valence-corrected chi connectivity index (χ4v) is 2.19. The van der Waals surface area contributed by atoms with Crippen molar-refractivity contribution in [2.24, 2.45) is 0 Å². The summed E-state index contributed by atoms with van der Waals surface area (Å²) in [5, 5.41) is 23.4. The van der Waals surface area contributed by atoms with Gasteiger partial charge in [0, 0.05) is 12.1 Å². The van der Waals surface area contributed by atoms with Gasteiger partial charge in [-0.3, -0.25) is 10.1 Å². The van der Waals surface area contributed by atoms with Crippen molar-refractivity contribution in [1.82, 2.24) is 0 Å². The lowest BCUT2D eigenvalue weighted by atomic mass is 9.93. The lowest BCUT2D eigenvalue weighted by molar-refractivity contribution is -0.384. The molecule has 0 radical (unpaired) electrons. The number of hydrogen-bond acceptors (Lipinski definition) is 4. The SMILES string of the molecule is O=[N+]([O-])c1ccccc1N[C@H]1CC[C@@H](O)CC1. The molecule has 92 valence electrons. The minimum Gasteiger partial charge on any atom is -0.393 e. The quantitative estimate of drug-likeness (QED) is 0.623. The van der Waals surface area contributed by atoms with E-state index in [0.29, 0.717) is 5.69 Å². The molecule has 1 aliphatic rings. The molecule has 0 atom stereocenters. The van der Waals surface area contributed by atoms with Gasteiger partial charge in [0.2, 0.25) is 0 Å². The van der Waals surface area contributed by atoms with Crippen molar-refractivity contribution < 1.29 is 10.0 Å². The third-order valence-corrected chi connectivity index (χ3v) is 3.16. The zero-order valence-corrected chi connectivity index (χ0v) is 9.50. The van der Waals surface area contributed by atoms with Gasteiger partial charge < -0.3 is 10.4 Å². The highest BCUT2D eigenvalue weighted by Gasteiger charge is 2.21. The molecule has 1 saturated carbocycles. The molecular formula is C12H16N2O3. The van der Waals surface area contributed by atoms with Gasteiger partial charge >= 0.3 is 0 Å². The lowest BCUT2D eigenvalue weighted by Gasteiger charge is -2.26. The van der Waals surface area contributed by atoms with Crippen LogP contribution in [0.4, 0.5) is 11.4 Å². The van der Waals surface area contributed by atoms with E-state index >= 15 is 0 Å². The number of nitro benzene ring substituents is 1. The number of rotatable bonds is 3. The number of nitrogens with zero attached hydrogens (tertiary/aromatic N) is 1. The summed E-state index contributed by atoms with van der Waals surface area (Å²) >= 11 is 0. The van der Waals surface area contributed by atoms with Gasteiger partial charge in [-0.2, -0.15) is 0 Å². The molecule has 2 N–H and O–H groups in total. The molecule has 1 fully saturated rings. The maximum atomic E-state index is 10.8. The number of anilines is 1. The largest absolute Gasteiger partial charge is 0.393 e. The van der Waals surface area contributed by atoms with Crippen LogP contribution in [-0.2, 0) is 0 Å². The molecule has 0 unspecified atom stereocenters. The van der Waals surface area contributed by atoms with E-state index < -0.39 is 0 Å². The number of benzene rings is 1. The number of para-hydroxylation sites is 2. The fraction of sp³-hybridized carbons (Fsp3) is 0.500. The van der Waals surface area contributed by atoms with Gasteiger partial charge in [-0.15, -0.1) is 0 Å². The summed E-state index contributed by atoms with van der Waals surface area (Å²) in [6, 6.07) is 6.89. The van der Waals surface area contributed by atoms with Crippen LogP contribution in [0.5, 0.6) is 0 Å². The summed E-state index contributed by atoms with van der Waals surface area (Å²) in [6.07, 6.45) is 3.02. The third kappa shape index (κ3) is 2.94. The molecule has 1 aromatic carbocycles. The molecule has 0 aliphatic heterocycles. The van der Waals surface area contributed by atoms with Crippen LogP contribution >= 0.6 is 0 Å². The van der Waals surface area contributed by atoms with Gasteiger partial charge in [0.05, 0.1) is 11.0 Å². The van der Waals surface area contributed by atoms with E-state index in [9.17, 15) is 15.2 Å². The van der Waals surface area contributed by atoms with Crippen LogP contribution in [0.1, 0.15) is 25.7 Å². The predicted molar refractivity (Wildman–Crippen MR) is 65.0 cm³/mol. The van der Waals surface area contributed by atoms with Crippen molar-refractivity contribution in [2.45, 2.75) is 37.8 Å². The molecule has 0 spiro atoms. The zero-order chi connectivity index (χ0) is 12.3. The smallest absolute Gasteiger partial charge is 0.292 e. The minimum absolute atomic E-state index is 0.110. The molecule has 2 rings (SSSR count). The first-order valence-corrected chi connectivity index (χ1v) is 5.85. The van der Waals surface area contributed by atoms with Crippen LogP contribution in [0.2, 0.25) is 0 Å². The van der Waals surface area contributed by atoms with E-state index in [1.54, 1.807) is 18.2 Å². The summed E-state index contributed by atoms with van der Waals surface area (Å²) in [7, 11) is 0. The number of nitro groups is 1. The summed E-state index contributed by atoms with van der Waals surface area (Å²) < 4.78 is 0. The summed E-state index contributed by atoms with van der Waals surface area (Å²) in [6.45, 7) is 0. The van der Waals surface area contributed by atoms with Crippen molar-refractivity contribution in [3.63, 3.8) is 0 Å². The Morgan fingerprint density at radius 2 is 1.88 bits per heavy atom. The standard InChI is InChI=1S/C12H16N2O3/c15-10-7-5-9(6-8-10)13-11-3-1-2-4-12(11)14(16)17/h1-4,9-10,13,15H,5-8H2/t9-,10+. The number of aliphatic hydroxyl groups excluding tert-OH is 1. The summed E-state index contributed by atoms with van der Waals surface area (Å²) in [5.41, 5.74) is 0.678. The second kappa shape index (κ2) is 5.14. The molecule has 17 heavy (non-hydrogen) atoms. The first-order chi connectivity index (χ1) is 8.16. The molecule has 1 aliphatic carbocycles. The van der Waals surface area contributed by atoms with Gasteiger partial charge in [0.1, 0.15) is 5.69 Å². The second-order valence-electron chi connectivity index (χ2n) is 4.42. The monoisotopic (exact) mass is 236 g/mol. The van der Waals surface area contributed by atoms with Crippen LogP contribution in [0, 0.1) is 10.1 Å². The Morgan fingerprint density at radius 3 is 2.53 bits per heavy atom. The van der Waals surface area contributed by atoms with Crippen molar-refractivity contribution in [3.8, 4) is 0 Å². The Hall–Kier alpha value is -1.62. The lowest BCUT2D eigenvalue weighted by Crippen LogP contribution is -2.28. The number of aliphatic hydroxyl groups is 1. The number of hydrogen-bond donors (Lipinski definition) is 2. The predicted octanol–water partition coefficient (Wildman–Crippen LogP) is 2.31. The molecule has 0 heterocycles. The molecule has 0 amide bonds. The topological polar surface area (TPSA) is 75.4 Å². The molecular weight excluding hydrogens is 220 g/mol. The van der Waals surface area contributed by atoms with Crippen LogP contribution in [0.25, 0.3) is 0 Å². The van der Waals surface area contributed by atoms with Crippen LogP contribution < -0.4 is 5.32 Å². The highest BCUT2D eigenvalue weighted by atomic mass is 16.6. The average Bonchev–Trinajstić information content (AvgIpc) is 2.32. The maximum Gasteiger partial charge on any atom is 0.292 e. The first kappa shape index (κ1) is 11.9. The molecule has 0 saturated heterocycles. The molecule has 0 aromatic heterocycles. The maximum absolute atomic E-state index is 10.8. The van der Waals surface area contributed by atoms with Crippen molar-refractivity contribution in [2.75, 3.05) is 5.32 Å². The van der Waals surface area contributed by atoms with Gasteiger partial charge in [-0.1, -0.05) is 12.1 Å². The molecule has 0 bridgehead atoms. The van der Waals surface area contributed by atoms with Gasteiger partial charge in [-0.25, -0.2) is 0 Å². The average molecular weight is 236 g/mol. The van der Waals surface area contributed by atoms with Crippen molar-refractivity contribution in [1.29, 1.82) is 0 Å². The zero-order valence-electron chi connectivity index (χ0n) is 9.50. The highest BCUT2D eigenvalue weighted by molar-refractivity contribution is 5.61. The van der Waals surface area contributed by atoms with E-state index in [1.165, 1.54) is 6.07 Å². The number of nitrogens with one attached hydrogen (secondary N) is 1. The minimum atomic E-state index is -0.375. The van der Waals surface area contributed by atoms with Gasteiger partial charge in [0.25, 0.3) is 5.69 Å². The third-order valence-electron chi connectivity index (χ3n) is 3.16. The normalized spacial score (nSPS) is 24.3. The Kier molecular flexibility index (Phi) is 3.58. The second-order valence-corrected chi connectivity index (χ2v) is 4.42. The van der Waals surface area contributed by atoms with E-state index in [4.69, 9.17) is 0 Å². The van der Waals surface area contributed by atoms with Gasteiger partial charge in [0.15, 0.2) is 0 Å². The van der Waals surface area contributed by atoms with Crippen LogP contribution in [0.3, 0.4) is 0 Å². The van der Waals surface area contributed by atoms with Crippen LogP contribution in [0.15, 0.2) is 24.3 Å². The highest BCUT2D eigenvalue weighted by Crippen LogP contribution is 2.27. The van der Waals surface area contributed by atoms with Crippen molar-refractivity contribution in [3.05, 3.63) is 34.4 Å². The molecule has 5 heteroatoms. The van der Waals surface area contributed by atoms with E-state index in [-0.39, 0.29) is 22.8 Å². The van der Waals surface area contributed by atoms with E-state index in [2.05, 4.69) is 5.32 Å². The van der Waals surface area contributed by atoms with Gasteiger partial charge in [-0.05, 0) is 31.7 Å². The summed E-state index contributed by atoms with van der Waals surface area (Å²) in [5.74, 6) is 0. The Bertz CT molecular complexity index is 400. The molecule has 1 aromatic rings. The fourth-order valence-electron chi connectivity index (χ4n) is 2.19. The first-order valence-electron chi connectivity index (χ1n) is 5.85. The Balaban J connectivity index is 2.05. The van der Waals surface area contributed by atoms with Crippen molar-refractivity contribution >= 4 is 11.4 Å². The van der Waals surface area contributed by atoms with Crippen LogP contribution in [-0.4, -0.2) is 22.2 Å². The van der Waals surface area contributed by atoms with E-state index in [1.807, 2.05) is 0 Å². The molecule has 5 nitrogen and oxygen atoms in total. The summed E-state index contributed by atoms with van der Waals surface area (Å²) in [4.78, 5) is 10.5. The van der Waals surface area contributed by atoms with E-state index in [0.717, 1.165) is 25.7 Å². The Labute approximate surface area is 99.6 Å².